The smallest absolute Gasteiger partial charge is 0.0959 e. The highest BCUT2D eigenvalue weighted by Crippen LogP contribution is 2.33. The molecule has 1 aromatic heterocycles. The van der Waals surface area contributed by atoms with Crippen LogP contribution in [-0.4, -0.2) is 14.9 Å². The van der Waals surface area contributed by atoms with Gasteiger partial charge in [0.1, 0.15) is 0 Å². The molecule has 0 spiro atoms. The SMILES string of the molecule is CCCn1nccc1C(O)CC(C)C(C)(C)C. The molecule has 2 atom stereocenters. The Morgan fingerprint density at radius 3 is 2.59 bits per heavy atom. The summed E-state index contributed by atoms with van der Waals surface area (Å²) in [7, 11) is 0. The van der Waals surface area contributed by atoms with Gasteiger partial charge in [-0.2, -0.15) is 5.10 Å². The summed E-state index contributed by atoms with van der Waals surface area (Å²) in [6, 6.07) is 1.93. The van der Waals surface area contributed by atoms with Crippen LogP contribution >= 0.6 is 0 Å². The molecule has 3 heteroatoms. The second-order valence-corrected chi connectivity index (χ2v) is 6.00. The third-order valence-electron chi connectivity index (χ3n) is 3.58. The van der Waals surface area contributed by atoms with E-state index in [1.165, 1.54) is 0 Å². The van der Waals surface area contributed by atoms with Crippen LogP contribution in [0.5, 0.6) is 0 Å². The molecule has 2 unspecified atom stereocenters. The standard InChI is InChI=1S/C14H26N2O/c1-6-9-16-12(7-8-15-16)13(17)10-11(2)14(3,4)5/h7-8,11,13,17H,6,9-10H2,1-5H3. The molecule has 98 valence electrons. The number of aryl methyl sites for hydroxylation is 1. The molecule has 0 bridgehead atoms. The Bertz CT molecular complexity index is 338. The van der Waals surface area contributed by atoms with Crippen LogP contribution in [0.4, 0.5) is 0 Å². The Hall–Kier alpha value is -0.830. The molecule has 1 aromatic rings. The zero-order chi connectivity index (χ0) is 13.1. The van der Waals surface area contributed by atoms with Gasteiger partial charge in [0.25, 0.3) is 0 Å². The van der Waals surface area contributed by atoms with Gasteiger partial charge in [-0.15, -0.1) is 0 Å². The molecular weight excluding hydrogens is 212 g/mol. The van der Waals surface area contributed by atoms with Crippen molar-refractivity contribution >= 4 is 0 Å². The normalized spacial score (nSPS) is 15.9. The quantitative estimate of drug-likeness (QED) is 0.853. The van der Waals surface area contributed by atoms with Crippen LogP contribution in [0.1, 0.15) is 59.3 Å². The summed E-state index contributed by atoms with van der Waals surface area (Å²) in [6.45, 7) is 11.8. The van der Waals surface area contributed by atoms with Crippen molar-refractivity contribution in [2.75, 3.05) is 0 Å². The predicted octanol–water partition coefficient (Wildman–Crippen LogP) is 3.40. The van der Waals surface area contributed by atoms with Crippen LogP contribution in [0.2, 0.25) is 0 Å². The number of rotatable bonds is 5. The molecule has 0 aromatic carbocycles. The lowest BCUT2D eigenvalue weighted by molar-refractivity contribution is 0.103. The maximum Gasteiger partial charge on any atom is 0.0959 e. The third kappa shape index (κ3) is 3.84. The molecule has 0 aliphatic carbocycles. The summed E-state index contributed by atoms with van der Waals surface area (Å²) in [4.78, 5) is 0. The van der Waals surface area contributed by atoms with E-state index >= 15 is 0 Å². The summed E-state index contributed by atoms with van der Waals surface area (Å²) in [5, 5.41) is 14.5. The van der Waals surface area contributed by atoms with Crippen molar-refractivity contribution in [2.45, 2.75) is 60.1 Å². The Labute approximate surface area is 105 Å². The first-order chi connectivity index (χ1) is 7.86. The first-order valence-electron chi connectivity index (χ1n) is 6.56. The van der Waals surface area contributed by atoms with Crippen LogP contribution in [0.25, 0.3) is 0 Å². The fourth-order valence-electron chi connectivity index (χ4n) is 1.83. The lowest BCUT2D eigenvalue weighted by atomic mass is 9.78. The van der Waals surface area contributed by atoms with Gasteiger partial charge in [0, 0.05) is 12.7 Å². The Morgan fingerprint density at radius 1 is 1.41 bits per heavy atom. The molecule has 0 radical (unpaired) electrons. The van der Waals surface area contributed by atoms with E-state index in [0.29, 0.717) is 5.92 Å². The molecule has 0 saturated carbocycles. The molecule has 0 amide bonds. The van der Waals surface area contributed by atoms with E-state index < -0.39 is 6.10 Å². The zero-order valence-electron chi connectivity index (χ0n) is 11.8. The summed E-state index contributed by atoms with van der Waals surface area (Å²) in [6.07, 6.45) is 3.20. The molecule has 3 nitrogen and oxygen atoms in total. The highest BCUT2D eigenvalue weighted by molar-refractivity contribution is 5.05. The summed E-state index contributed by atoms with van der Waals surface area (Å²) < 4.78 is 1.92. The summed E-state index contributed by atoms with van der Waals surface area (Å²) in [5.41, 5.74) is 1.18. The van der Waals surface area contributed by atoms with E-state index in [0.717, 1.165) is 25.1 Å². The van der Waals surface area contributed by atoms with Gasteiger partial charge >= 0.3 is 0 Å². The van der Waals surface area contributed by atoms with Gasteiger partial charge in [0.2, 0.25) is 0 Å². The second-order valence-electron chi connectivity index (χ2n) is 6.00. The molecule has 0 fully saturated rings. The first-order valence-corrected chi connectivity index (χ1v) is 6.56. The molecule has 1 heterocycles. The number of hydrogen-bond acceptors (Lipinski definition) is 2. The average molecular weight is 238 g/mol. The van der Waals surface area contributed by atoms with E-state index in [2.05, 4.69) is 39.7 Å². The van der Waals surface area contributed by atoms with Crippen LogP contribution in [0.3, 0.4) is 0 Å². The van der Waals surface area contributed by atoms with Crippen LogP contribution in [0.15, 0.2) is 12.3 Å². The van der Waals surface area contributed by atoms with Crippen molar-refractivity contribution in [3.8, 4) is 0 Å². The number of aromatic nitrogens is 2. The Morgan fingerprint density at radius 2 is 2.06 bits per heavy atom. The third-order valence-corrected chi connectivity index (χ3v) is 3.58. The summed E-state index contributed by atoms with van der Waals surface area (Å²) in [5.74, 6) is 0.475. The van der Waals surface area contributed by atoms with Gasteiger partial charge in [-0.3, -0.25) is 4.68 Å². The molecule has 1 rings (SSSR count). The van der Waals surface area contributed by atoms with Crippen molar-refractivity contribution in [3.63, 3.8) is 0 Å². The maximum atomic E-state index is 10.3. The van der Waals surface area contributed by atoms with E-state index in [-0.39, 0.29) is 5.41 Å². The highest BCUT2D eigenvalue weighted by atomic mass is 16.3. The van der Waals surface area contributed by atoms with Crippen LogP contribution < -0.4 is 0 Å². The van der Waals surface area contributed by atoms with Crippen molar-refractivity contribution in [1.29, 1.82) is 0 Å². The fraction of sp³-hybridized carbons (Fsp3) is 0.786. The van der Waals surface area contributed by atoms with Crippen molar-refractivity contribution in [3.05, 3.63) is 18.0 Å². The number of hydrogen-bond donors (Lipinski definition) is 1. The Kier molecular flexibility index (Phi) is 4.75. The summed E-state index contributed by atoms with van der Waals surface area (Å²) >= 11 is 0. The predicted molar refractivity (Wildman–Crippen MR) is 70.7 cm³/mol. The van der Waals surface area contributed by atoms with Crippen molar-refractivity contribution < 1.29 is 5.11 Å². The van der Waals surface area contributed by atoms with E-state index in [1.54, 1.807) is 6.20 Å². The molecule has 0 aliphatic heterocycles. The number of aliphatic hydroxyl groups is 1. The monoisotopic (exact) mass is 238 g/mol. The van der Waals surface area contributed by atoms with Gasteiger partial charge in [-0.05, 0) is 30.2 Å². The van der Waals surface area contributed by atoms with Crippen LogP contribution in [0, 0.1) is 11.3 Å². The lowest BCUT2D eigenvalue weighted by Gasteiger charge is -2.29. The van der Waals surface area contributed by atoms with E-state index in [1.807, 2.05) is 10.7 Å². The maximum absolute atomic E-state index is 10.3. The minimum atomic E-state index is -0.404. The van der Waals surface area contributed by atoms with E-state index in [4.69, 9.17) is 0 Å². The molecule has 0 saturated heterocycles. The molecule has 1 N–H and O–H groups in total. The van der Waals surface area contributed by atoms with Crippen molar-refractivity contribution in [1.82, 2.24) is 9.78 Å². The lowest BCUT2D eigenvalue weighted by Crippen LogP contribution is -2.21. The first kappa shape index (κ1) is 14.2. The average Bonchev–Trinajstić information content (AvgIpc) is 2.65. The number of aliphatic hydroxyl groups excluding tert-OH is 1. The Balaban J connectivity index is 2.69. The fourth-order valence-corrected chi connectivity index (χ4v) is 1.83. The van der Waals surface area contributed by atoms with E-state index in [9.17, 15) is 5.11 Å². The molecular formula is C14H26N2O. The van der Waals surface area contributed by atoms with Gasteiger partial charge in [0.05, 0.1) is 11.8 Å². The second kappa shape index (κ2) is 5.67. The largest absolute Gasteiger partial charge is 0.387 e. The number of nitrogens with zero attached hydrogens (tertiary/aromatic N) is 2. The minimum absolute atomic E-state index is 0.233. The minimum Gasteiger partial charge on any atom is -0.387 e. The highest BCUT2D eigenvalue weighted by Gasteiger charge is 2.24. The molecule has 0 aliphatic rings. The van der Waals surface area contributed by atoms with Gasteiger partial charge < -0.3 is 5.11 Å². The van der Waals surface area contributed by atoms with Crippen LogP contribution in [-0.2, 0) is 6.54 Å². The van der Waals surface area contributed by atoms with Gasteiger partial charge in [0.15, 0.2) is 0 Å². The van der Waals surface area contributed by atoms with Crippen molar-refractivity contribution in [2.24, 2.45) is 11.3 Å². The topological polar surface area (TPSA) is 38.0 Å². The molecule has 17 heavy (non-hydrogen) atoms. The van der Waals surface area contributed by atoms with Gasteiger partial charge in [-0.25, -0.2) is 0 Å². The van der Waals surface area contributed by atoms with Gasteiger partial charge in [-0.1, -0.05) is 34.6 Å². The zero-order valence-corrected chi connectivity index (χ0v) is 11.8.